The molecule has 11 heteroatoms. The third-order valence-corrected chi connectivity index (χ3v) is 4.81. The number of aryl methyl sites for hydroxylation is 2. The second-order valence-electron chi connectivity index (χ2n) is 6.75. The van der Waals surface area contributed by atoms with Gasteiger partial charge in [0, 0.05) is 25.2 Å². The fourth-order valence-electron chi connectivity index (χ4n) is 3.02. The van der Waals surface area contributed by atoms with E-state index in [0.29, 0.717) is 22.3 Å². The summed E-state index contributed by atoms with van der Waals surface area (Å²) < 4.78 is 9.20. The molecule has 1 aromatic carbocycles. The molecule has 0 saturated carbocycles. The number of pyridine rings is 1. The smallest absolute Gasteiger partial charge is 0.332 e. The number of amides is 1. The molecule has 0 saturated heterocycles. The van der Waals surface area contributed by atoms with Gasteiger partial charge in [0.1, 0.15) is 12.3 Å². The summed E-state index contributed by atoms with van der Waals surface area (Å²) in [5.41, 5.74) is -0.330. The average molecular weight is 441 g/mol. The zero-order chi connectivity index (χ0) is 22.1. The van der Waals surface area contributed by atoms with Gasteiger partial charge in [0.25, 0.3) is 5.56 Å². The first-order valence-electron chi connectivity index (χ1n) is 9.13. The van der Waals surface area contributed by atoms with Crippen LogP contribution in [0.1, 0.15) is 0 Å². The van der Waals surface area contributed by atoms with Crippen molar-refractivity contribution in [2.24, 2.45) is 14.1 Å². The Labute approximate surface area is 180 Å². The number of nitrogens with zero attached hydrogens (tertiary/aromatic N) is 5. The molecule has 1 amide bonds. The molecule has 0 bridgehead atoms. The van der Waals surface area contributed by atoms with Crippen LogP contribution in [0.25, 0.3) is 11.2 Å². The van der Waals surface area contributed by atoms with Crippen molar-refractivity contribution in [2.45, 2.75) is 6.54 Å². The Hall–Kier alpha value is -3.92. The van der Waals surface area contributed by atoms with Gasteiger partial charge in [-0.05, 0) is 30.3 Å². The van der Waals surface area contributed by atoms with E-state index in [-0.39, 0.29) is 11.2 Å². The lowest BCUT2D eigenvalue weighted by Gasteiger charge is -2.10. The number of aromatic nitrogens is 5. The zero-order valence-corrected chi connectivity index (χ0v) is 17.3. The summed E-state index contributed by atoms with van der Waals surface area (Å²) in [7, 11) is 3.14. The molecule has 3 aromatic heterocycles. The number of benzene rings is 1. The summed E-state index contributed by atoms with van der Waals surface area (Å²) in [5, 5.41) is 3.21. The molecule has 31 heavy (non-hydrogen) atoms. The van der Waals surface area contributed by atoms with Crippen LogP contribution in [0, 0.1) is 0 Å². The molecular weight excluding hydrogens is 424 g/mol. The van der Waals surface area contributed by atoms with Crippen LogP contribution in [0.3, 0.4) is 0 Å². The summed E-state index contributed by atoms with van der Waals surface area (Å²) in [6, 6.07) is 9.98. The first-order valence-corrected chi connectivity index (χ1v) is 9.51. The van der Waals surface area contributed by atoms with E-state index in [0.717, 1.165) is 4.57 Å². The monoisotopic (exact) mass is 440 g/mol. The summed E-state index contributed by atoms with van der Waals surface area (Å²) in [5.74, 6) is 0.343. The number of carbonyl (C=O) groups is 1. The van der Waals surface area contributed by atoms with Crippen LogP contribution in [0.4, 0.5) is 5.69 Å². The number of hydrogen-bond donors (Lipinski definition) is 1. The highest BCUT2D eigenvalue weighted by Crippen LogP contribution is 2.22. The van der Waals surface area contributed by atoms with E-state index >= 15 is 0 Å². The van der Waals surface area contributed by atoms with Gasteiger partial charge in [0.15, 0.2) is 11.2 Å². The maximum atomic E-state index is 12.7. The number of nitrogens with one attached hydrogen (secondary N) is 1. The van der Waals surface area contributed by atoms with Crippen LogP contribution in [0.2, 0.25) is 5.02 Å². The number of ether oxygens (including phenoxy) is 1. The van der Waals surface area contributed by atoms with E-state index in [4.69, 9.17) is 16.3 Å². The van der Waals surface area contributed by atoms with Gasteiger partial charge in [-0.15, -0.1) is 0 Å². The Morgan fingerprint density at radius 2 is 1.84 bits per heavy atom. The van der Waals surface area contributed by atoms with Crippen LogP contribution in [0.15, 0.2) is 58.5 Å². The lowest BCUT2D eigenvalue weighted by atomic mass is 10.3. The fourth-order valence-corrected chi connectivity index (χ4v) is 3.14. The summed E-state index contributed by atoms with van der Waals surface area (Å²) in [6.07, 6.45) is 2.85. The highest BCUT2D eigenvalue weighted by molar-refractivity contribution is 6.30. The van der Waals surface area contributed by atoms with Crippen LogP contribution in [0.5, 0.6) is 11.6 Å². The highest BCUT2D eigenvalue weighted by Gasteiger charge is 2.17. The summed E-state index contributed by atoms with van der Waals surface area (Å²) >= 11 is 5.84. The molecule has 0 atom stereocenters. The first-order chi connectivity index (χ1) is 14.8. The summed E-state index contributed by atoms with van der Waals surface area (Å²) in [6.45, 7) is -0.449. The Balaban J connectivity index is 1.49. The van der Waals surface area contributed by atoms with Gasteiger partial charge in [0.2, 0.25) is 11.8 Å². The van der Waals surface area contributed by atoms with E-state index in [1.54, 1.807) is 43.4 Å². The molecule has 3 heterocycles. The standard InChI is InChI=1S/C20H17ClN6O4/c1-25-11-23-18-17(25)19(29)27(20(30)26(18)2)10-15(28)24-13-5-8-16(22-9-13)31-14-6-3-12(21)4-7-14/h3-9,11H,10H2,1-2H3,(H,24,28). The van der Waals surface area contributed by atoms with E-state index in [1.165, 1.54) is 28.7 Å². The lowest BCUT2D eigenvalue weighted by Crippen LogP contribution is -2.42. The number of imidazole rings is 1. The predicted octanol–water partition coefficient (Wildman–Crippen LogP) is 1.91. The number of halogens is 1. The number of carbonyl (C=O) groups excluding carboxylic acids is 1. The zero-order valence-electron chi connectivity index (χ0n) is 16.6. The van der Waals surface area contributed by atoms with Crippen molar-refractivity contribution >= 4 is 34.4 Å². The Kier molecular flexibility index (Phi) is 5.30. The maximum Gasteiger partial charge on any atom is 0.332 e. The van der Waals surface area contributed by atoms with Crippen molar-refractivity contribution in [1.29, 1.82) is 0 Å². The van der Waals surface area contributed by atoms with Crippen molar-refractivity contribution in [1.82, 2.24) is 23.7 Å². The van der Waals surface area contributed by atoms with Crippen LogP contribution >= 0.6 is 11.6 Å². The minimum Gasteiger partial charge on any atom is -0.439 e. The predicted molar refractivity (Wildman–Crippen MR) is 115 cm³/mol. The van der Waals surface area contributed by atoms with E-state index in [2.05, 4.69) is 15.3 Å². The quantitative estimate of drug-likeness (QED) is 0.507. The number of hydrogen-bond acceptors (Lipinski definition) is 6. The van der Waals surface area contributed by atoms with E-state index in [9.17, 15) is 14.4 Å². The minimum atomic E-state index is -0.629. The van der Waals surface area contributed by atoms with Gasteiger partial charge in [0.05, 0.1) is 18.2 Å². The second-order valence-corrected chi connectivity index (χ2v) is 7.19. The van der Waals surface area contributed by atoms with Crippen molar-refractivity contribution < 1.29 is 9.53 Å². The summed E-state index contributed by atoms with van der Waals surface area (Å²) in [4.78, 5) is 45.8. The molecule has 0 aliphatic heterocycles. The Bertz CT molecular complexity index is 1390. The normalized spacial score (nSPS) is 10.9. The molecule has 4 rings (SSSR count). The third-order valence-electron chi connectivity index (χ3n) is 4.56. The van der Waals surface area contributed by atoms with E-state index in [1.807, 2.05) is 0 Å². The van der Waals surface area contributed by atoms with Gasteiger partial charge in [-0.25, -0.2) is 19.3 Å². The molecule has 158 valence electrons. The molecule has 4 aromatic rings. The number of anilines is 1. The van der Waals surface area contributed by atoms with Gasteiger partial charge in [-0.1, -0.05) is 11.6 Å². The van der Waals surface area contributed by atoms with Crippen LogP contribution in [-0.4, -0.2) is 29.6 Å². The molecule has 10 nitrogen and oxygen atoms in total. The largest absolute Gasteiger partial charge is 0.439 e. The van der Waals surface area contributed by atoms with Crippen molar-refractivity contribution in [2.75, 3.05) is 5.32 Å². The molecule has 0 aliphatic carbocycles. The fraction of sp³-hybridized carbons (Fsp3) is 0.150. The number of rotatable bonds is 5. The Morgan fingerprint density at radius 1 is 1.10 bits per heavy atom. The number of fused-ring (bicyclic) bond motifs is 1. The lowest BCUT2D eigenvalue weighted by molar-refractivity contribution is -0.116. The Morgan fingerprint density at radius 3 is 2.52 bits per heavy atom. The molecule has 0 fully saturated rings. The van der Waals surface area contributed by atoms with Crippen molar-refractivity contribution in [3.8, 4) is 11.6 Å². The topological polar surface area (TPSA) is 113 Å². The van der Waals surface area contributed by atoms with Crippen LogP contribution in [-0.2, 0) is 25.4 Å². The minimum absolute atomic E-state index is 0.236. The SMILES string of the molecule is Cn1cnc2c1c(=O)n(CC(=O)Nc1ccc(Oc3ccc(Cl)cc3)nc1)c(=O)n2C. The van der Waals surface area contributed by atoms with Crippen LogP contribution < -0.4 is 21.3 Å². The first kappa shape index (κ1) is 20.4. The van der Waals surface area contributed by atoms with Crippen molar-refractivity contribution in [3.63, 3.8) is 0 Å². The average Bonchev–Trinajstić information content (AvgIpc) is 3.14. The molecule has 0 unspecified atom stereocenters. The molecule has 0 radical (unpaired) electrons. The van der Waals surface area contributed by atoms with E-state index < -0.39 is 23.7 Å². The third kappa shape index (κ3) is 4.05. The molecule has 0 aliphatic rings. The van der Waals surface area contributed by atoms with Gasteiger partial charge < -0.3 is 14.6 Å². The highest BCUT2D eigenvalue weighted by atomic mass is 35.5. The second kappa shape index (κ2) is 8.07. The van der Waals surface area contributed by atoms with Gasteiger partial charge in [-0.2, -0.15) is 0 Å². The van der Waals surface area contributed by atoms with Gasteiger partial charge in [-0.3, -0.25) is 14.2 Å². The molecule has 1 N–H and O–H groups in total. The molecular formula is C20H17ClN6O4. The molecule has 0 spiro atoms. The van der Waals surface area contributed by atoms with Gasteiger partial charge >= 0.3 is 5.69 Å². The maximum absolute atomic E-state index is 12.7. The van der Waals surface area contributed by atoms with Crippen molar-refractivity contribution in [3.05, 3.63) is 74.8 Å².